The van der Waals surface area contributed by atoms with Crippen molar-refractivity contribution >= 4 is 0 Å². The van der Waals surface area contributed by atoms with E-state index in [9.17, 15) is 0 Å². The Morgan fingerprint density at radius 3 is 2.05 bits per heavy atom. The molecule has 2 N–H and O–H groups in total. The summed E-state index contributed by atoms with van der Waals surface area (Å²) >= 11 is 0. The number of aryl methyl sites for hydroxylation is 2. The van der Waals surface area contributed by atoms with Crippen LogP contribution in [0.2, 0.25) is 0 Å². The molecule has 0 radical (unpaired) electrons. The van der Waals surface area contributed by atoms with E-state index < -0.39 is 0 Å². The number of hydrogen-bond donors (Lipinski definition) is 1. The molecule has 102 valence electrons. The lowest BCUT2D eigenvalue weighted by Crippen LogP contribution is -2.60. The summed E-state index contributed by atoms with van der Waals surface area (Å²) in [6.07, 6.45) is 7.04. The minimum atomic E-state index is -0.0226. The molecule has 0 atom stereocenters. The summed E-state index contributed by atoms with van der Waals surface area (Å²) in [4.78, 5) is 0. The first kappa shape index (κ1) is 12.0. The van der Waals surface area contributed by atoms with Crippen molar-refractivity contribution in [3.8, 4) is 0 Å². The predicted octanol–water partition coefficient (Wildman–Crippen LogP) is 3.91. The second-order valence-electron chi connectivity index (χ2n) is 7.56. The molecule has 1 heteroatoms. The average Bonchev–Trinajstić information content (AvgIpc) is 2.34. The van der Waals surface area contributed by atoms with Crippen molar-refractivity contribution < 1.29 is 0 Å². The third-order valence-corrected chi connectivity index (χ3v) is 6.34. The van der Waals surface area contributed by atoms with Gasteiger partial charge in [-0.15, -0.1) is 0 Å². The molecule has 4 aliphatic rings. The van der Waals surface area contributed by atoms with Gasteiger partial charge in [-0.25, -0.2) is 0 Å². The summed E-state index contributed by atoms with van der Waals surface area (Å²) in [7, 11) is 0. The highest BCUT2D eigenvalue weighted by Crippen LogP contribution is 2.60. The van der Waals surface area contributed by atoms with Gasteiger partial charge in [0, 0.05) is 5.54 Å². The third-order valence-electron chi connectivity index (χ3n) is 6.34. The van der Waals surface area contributed by atoms with Crippen molar-refractivity contribution in [1.29, 1.82) is 0 Å². The van der Waals surface area contributed by atoms with E-state index >= 15 is 0 Å². The maximum atomic E-state index is 7.06. The summed E-state index contributed by atoms with van der Waals surface area (Å²) in [6.45, 7) is 4.43. The Hall–Kier alpha value is -0.820. The van der Waals surface area contributed by atoms with Crippen LogP contribution in [0.4, 0.5) is 0 Å². The highest BCUT2D eigenvalue weighted by molar-refractivity contribution is 5.38. The smallest absolute Gasteiger partial charge is 0.0469 e. The van der Waals surface area contributed by atoms with Gasteiger partial charge in [0.2, 0.25) is 0 Å². The van der Waals surface area contributed by atoms with Crippen LogP contribution in [-0.4, -0.2) is 0 Å². The van der Waals surface area contributed by atoms with Crippen LogP contribution in [0.3, 0.4) is 0 Å². The van der Waals surface area contributed by atoms with Gasteiger partial charge in [-0.2, -0.15) is 0 Å². The molecule has 1 aromatic carbocycles. The van der Waals surface area contributed by atoms with Gasteiger partial charge in [0.25, 0.3) is 0 Å². The third kappa shape index (κ3) is 1.57. The molecule has 0 unspecified atom stereocenters. The van der Waals surface area contributed by atoms with Crippen LogP contribution in [0.15, 0.2) is 18.2 Å². The molecule has 4 fully saturated rings. The Morgan fingerprint density at radius 1 is 0.947 bits per heavy atom. The fraction of sp³-hybridized carbons (Fsp3) is 0.667. The van der Waals surface area contributed by atoms with E-state index in [1.165, 1.54) is 48.8 Å². The molecule has 0 spiro atoms. The van der Waals surface area contributed by atoms with Gasteiger partial charge in [0.1, 0.15) is 0 Å². The number of hydrogen-bond acceptors (Lipinski definition) is 1. The van der Waals surface area contributed by atoms with Gasteiger partial charge in [-0.3, -0.25) is 0 Å². The molecular weight excluding hydrogens is 230 g/mol. The maximum absolute atomic E-state index is 7.06. The molecule has 0 heterocycles. The highest BCUT2D eigenvalue weighted by Gasteiger charge is 2.56. The molecule has 0 aromatic heterocycles. The molecule has 1 nitrogen and oxygen atoms in total. The van der Waals surface area contributed by atoms with Gasteiger partial charge < -0.3 is 5.73 Å². The van der Waals surface area contributed by atoms with Crippen LogP contribution in [0.5, 0.6) is 0 Å². The first-order valence-electron chi connectivity index (χ1n) is 7.94. The molecule has 0 saturated heterocycles. The zero-order chi connectivity index (χ0) is 13.2. The summed E-state index contributed by atoms with van der Waals surface area (Å²) < 4.78 is 0. The van der Waals surface area contributed by atoms with Crippen LogP contribution in [-0.2, 0) is 5.54 Å². The van der Waals surface area contributed by atoms with Gasteiger partial charge in [-0.1, -0.05) is 23.8 Å². The van der Waals surface area contributed by atoms with E-state index in [0.29, 0.717) is 0 Å². The van der Waals surface area contributed by atoms with Crippen molar-refractivity contribution in [2.45, 2.75) is 51.5 Å². The summed E-state index contributed by atoms with van der Waals surface area (Å²) in [6, 6.07) is 6.89. The van der Waals surface area contributed by atoms with E-state index in [4.69, 9.17) is 5.73 Å². The summed E-state index contributed by atoms with van der Waals surface area (Å²) in [5.74, 6) is 3.46. The van der Waals surface area contributed by atoms with Crippen LogP contribution < -0.4 is 5.73 Å². The largest absolute Gasteiger partial charge is 0.321 e. The van der Waals surface area contributed by atoms with Gasteiger partial charge in [0.05, 0.1) is 0 Å². The lowest BCUT2D eigenvalue weighted by molar-refractivity contribution is -0.0586. The Morgan fingerprint density at radius 2 is 1.53 bits per heavy atom. The first-order valence-corrected chi connectivity index (χ1v) is 7.94. The summed E-state index contributed by atoms with van der Waals surface area (Å²) in [5.41, 5.74) is 11.3. The Labute approximate surface area is 116 Å². The zero-order valence-electron chi connectivity index (χ0n) is 12.2. The van der Waals surface area contributed by atoms with Crippen molar-refractivity contribution in [1.82, 2.24) is 0 Å². The minimum Gasteiger partial charge on any atom is -0.321 e. The van der Waals surface area contributed by atoms with Crippen molar-refractivity contribution in [2.75, 3.05) is 0 Å². The van der Waals surface area contributed by atoms with Crippen molar-refractivity contribution in [3.05, 3.63) is 34.9 Å². The molecule has 0 amide bonds. The van der Waals surface area contributed by atoms with Crippen LogP contribution >= 0.6 is 0 Å². The average molecular weight is 255 g/mol. The Kier molecular flexibility index (Phi) is 2.42. The summed E-state index contributed by atoms with van der Waals surface area (Å²) in [5, 5.41) is 0. The Balaban J connectivity index is 1.80. The first-order chi connectivity index (χ1) is 9.07. The molecule has 19 heavy (non-hydrogen) atoms. The van der Waals surface area contributed by atoms with Crippen LogP contribution in [0.25, 0.3) is 0 Å². The van der Waals surface area contributed by atoms with Crippen LogP contribution in [0, 0.1) is 37.5 Å². The predicted molar refractivity (Wildman–Crippen MR) is 78.8 cm³/mol. The van der Waals surface area contributed by atoms with E-state index in [-0.39, 0.29) is 5.54 Å². The second-order valence-corrected chi connectivity index (χ2v) is 7.56. The monoisotopic (exact) mass is 255 g/mol. The molecule has 4 saturated carbocycles. The fourth-order valence-electron chi connectivity index (χ4n) is 5.70. The topological polar surface area (TPSA) is 26.0 Å². The molecule has 0 aliphatic heterocycles. The molecule has 4 aliphatic carbocycles. The van der Waals surface area contributed by atoms with Gasteiger partial charge >= 0.3 is 0 Å². The van der Waals surface area contributed by atoms with Gasteiger partial charge in [0.15, 0.2) is 0 Å². The van der Waals surface area contributed by atoms with Crippen molar-refractivity contribution in [3.63, 3.8) is 0 Å². The number of benzene rings is 1. The molecule has 1 aromatic rings. The zero-order valence-corrected chi connectivity index (χ0v) is 12.2. The minimum absolute atomic E-state index is 0.0226. The van der Waals surface area contributed by atoms with E-state index in [2.05, 4.69) is 32.0 Å². The number of rotatable bonds is 1. The maximum Gasteiger partial charge on any atom is 0.0469 e. The Bertz CT molecular complexity index is 488. The molecular formula is C18H25N. The van der Waals surface area contributed by atoms with E-state index in [1.807, 2.05) is 0 Å². The van der Waals surface area contributed by atoms with E-state index in [0.717, 1.165) is 23.7 Å². The van der Waals surface area contributed by atoms with Crippen LogP contribution in [0.1, 0.15) is 48.8 Å². The standard InChI is InChI=1S/C18H25N/c1-11-3-4-17(12(2)5-11)18(19)15-7-13-6-14(9-15)10-16(18)8-13/h3-5,13-16H,6-10,19H2,1-2H3. The second kappa shape index (κ2) is 3.85. The fourth-order valence-corrected chi connectivity index (χ4v) is 5.70. The van der Waals surface area contributed by atoms with Crippen molar-refractivity contribution in [2.24, 2.45) is 29.4 Å². The SMILES string of the molecule is Cc1ccc(C2(N)C3CC4CC(C3)CC2C4)c(C)c1. The normalized spacial score (nSPS) is 43.7. The molecule has 4 bridgehead atoms. The lowest BCUT2D eigenvalue weighted by Gasteiger charge is -2.60. The quantitative estimate of drug-likeness (QED) is 0.809. The molecule has 5 rings (SSSR count). The lowest BCUT2D eigenvalue weighted by atomic mass is 9.47. The highest BCUT2D eigenvalue weighted by atomic mass is 14.8. The van der Waals surface area contributed by atoms with Gasteiger partial charge in [-0.05, 0) is 80.8 Å². The van der Waals surface area contributed by atoms with E-state index in [1.54, 1.807) is 0 Å². The number of nitrogens with two attached hydrogens (primary N) is 1.